The van der Waals surface area contributed by atoms with E-state index >= 15 is 0 Å². The summed E-state index contributed by atoms with van der Waals surface area (Å²) in [6.07, 6.45) is 1.71. The molecule has 0 saturated heterocycles. The van der Waals surface area contributed by atoms with Gasteiger partial charge in [-0.05, 0) is 32.4 Å². The second-order valence-corrected chi connectivity index (χ2v) is 3.84. The average Bonchev–Trinajstić information content (AvgIpc) is 2.43. The number of aromatic nitrogens is 4. The first-order valence-electron chi connectivity index (χ1n) is 4.47. The molecule has 0 radical (unpaired) electrons. The number of hydrogen-bond donors (Lipinski definition) is 0. The maximum atomic E-state index is 5.74. The lowest BCUT2D eigenvalue weighted by Gasteiger charge is -2.05. The van der Waals surface area contributed by atoms with Crippen molar-refractivity contribution in [2.24, 2.45) is 0 Å². The predicted octanol–water partition coefficient (Wildman–Crippen LogP) is 2.37. The highest BCUT2D eigenvalue weighted by Crippen LogP contribution is 2.19. The monoisotopic (exact) mass is 210 g/mol. The molecule has 0 bridgehead atoms. The van der Waals surface area contributed by atoms with Gasteiger partial charge >= 0.3 is 0 Å². The molecule has 0 amide bonds. The Balaban J connectivity index is 2.79. The van der Waals surface area contributed by atoms with Crippen molar-refractivity contribution in [3.63, 3.8) is 0 Å². The van der Waals surface area contributed by atoms with Crippen LogP contribution >= 0.6 is 11.6 Å². The molecule has 0 unspecified atom stereocenters. The van der Waals surface area contributed by atoms with Crippen LogP contribution in [0.4, 0.5) is 0 Å². The van der Waals surface area contributed by atoms with E-state index in [1.54, 1.807) is 6.20 Å². The molecule has 4 nitrogen and oxygen atoms in total. The van der Waals surface area contributed by atoms with Crippen molar-refractivity contribution in [2.75, 3.05) is 0 Å². The smallest absolute Gasteiger partial charge is 0.224 e. The molecule has 2 heterocycles. The van der Waals surface area contributed by atoms with Gasteiger partial charge < -0.3 is 0 Å². The molecule has 0 atom stereocenters. The molecule has 0 aliphatic rings. The van der Waals surface area contributed by atoms with Crippen LogP contribution in [-0.4, -0.2) is 19.7 Å². The fourth-order valence-corrected chi connectivity index (χ4v) is 1.53. The zero-order valence-electron chi connectivity index (χ0n) is 8.32. The van der Waals surface area contributed by atoms with Gasteiger partial charge in [-0.2, -0.15) is 10.1 Å². The van der Waals surface area contributed by atoms with Crippen molar-refractivity contribution in [2.45, 2.75) is 26.8 Å². The van der Waals surface area contributed by atoms with Gasteiger partial charge in [0.15, 0.2) is 5.65 Å². The minimum Gasteiger partial charge on any atom is -0.244 e. The summed E-state index contributed by atoms with van der Waals surface area (Å²) in [5, 5.41) is 5.61. The van der Waals surface area contributed by atoms with E-state index in [-0.39, 0.29) is 11.3 Å². The Morgan fingerprint density at radius 3 is 2.79 bits per heavy atom. The molecule has 0 saturated carbocycles. The SMILES string of the molecule is Cc1nn(C(C)C)c2nc(Cl)ncc12. The third-order valence-electron chi connectivity index (χ3n) is 2.09. The van der Waals surface area contributed by atoms with Gasteiger partial charge in [0.1, 0.15) is 0 Å². The van der Waals surface area contributed by atoms with E-state index < -0.39 is 0 Å². The molecule has 0 fully saturated rings. The van der Waals surface area contributed by atoms with Gasteiger partial charge in [-0.1, -0.05) is 0 Å². The van der Waals surface area contributed by atoms with Crippen LogP contribution in [0.5, 0.6) is 0 Å². The first kappa shape index (κ1) is 9.40. The van der Waals surface area contributed by atoms with Crippen LogP contribution < -0.4 is 0 Å². The first-order chi connectivity index (χ1) is 6.59. The van der Waals surface area contributed by atoms with Crippen LogP contribution in [0.1, 0.15) is 25.6 Å². The molecule has 0 N–H and O–H groups in total. The fraction of sp³-hybridized carbons (Fsp3) is 0.444. The van der Waals surface area contributed by atoms with E-state index in [1.165, 1.54) is 0 Å². The summed E-state index contributed by atoms with van der Waals surface area (Å²) in [5.74, 6) is 0. The molecular formula is C9H11ClN4. The molecule has 0 aliphatic heterocycles. The number of fused-ring (bicyclic) bond motifs is 1. The highest BCUT2D eigenvalue weighted by atomic mass is 35.5. The van der Waals surface area contributed by atoms with E-state index in [9.17, 15) is 0 Å². The topological polar surface area (TPSA) is 43.6 Å². The Morgan fingerprint density at radius 1 is 1.43 bits per heavy atom. The third kappa shape index (κ3) is 1.35. The normalized spacial score (nSPS) is 11.5. The summed E-state index contributed by atoms with van der Waals surface area (Å²) in [6, 6.07) is 0.275. The Bertz CT molecular complexity index is 475. The minimum absolute atomic E-state index is 0.263. The number of rotatable bonds is 1. The van der Waals surface area contributed by atoms with Crippen LogP contribution in [-0.2, 0) is 0 Å². The van der Waals surface area contributed by atoms with Gasteiger partial charge in [0.05, 0.1) is 11.1 Å². The molecule has 2 rings (SSSR count). The number of aryl methyl sites for hydroxylation is 1. The quantitative estimate of drug-likeness (QED) is 0.679. The van der Waals surface area contributed by atoms with Crippen molar-refractivity contribution in [1.82, 2.24) is 19.7 Å². The van der Waals surface area contributed by atoms with Crippen LogP contribution in [0.25, 0.3) is 11.0 Å². The first-order valence-corrected chi connectivity index (χ1v) is 4.84. The van der Waals surface area contributed by atoms with Crippen LogP contribution in [0.2, 0.25) is 5.28 Å². The number of halogens is 1. The highest BCUT2D eigenvalue weighted by Gasteiger charge is 2.11. The molecule has 74 valence electrons. The van der Waals surface area contributed by atoms with Gasteiger partial charge in [0, 0.05) is 12.2 Å². The summed E-state index contributed by atoms with van der Waals surface area (Å²) in [7, 11) is 0. The fourth-order valence-electron chi connectivity index (χ4n) is 1.40. The molecular weight excluding hydrogens is 200 g/mol. The zero-order valence-corrected chi connectivity index (χ0v) is 9.08. The van der Waals surface area contributed by atoms with Crippen molar-refractivity contribution < 1.29 is 0 Å². The third-order valence-corrected chi connectivity index (χ3v) is 2.28. The van der Waals surface area contributed by atoms with Crippen LogP contribution in [0, 0.1) is 6.92 Å². The summed E-state index contributed by atoms with van der Waals surface area (Å²) >= 11 is 5.74. The Hall–Kier alpha value is -1.16. The number of hydrogen-bond acceptors (Lipinski definition) is 3. The lowest BCUT2D eigenvalue weighted by molar-refractivity contribution is 0.542. The van der Waals surface area contributed by atoms with Crippen molar-refractivity contribution in [3.8, 4) is 0 Å². The number of nitrogens with zero attached hydrogens (tertiary/aromatic N) is 4. The molecule has 5 heteroatoms. The zero-order chi connectivity index (χ0) is 10.3. The van der Waals surface area contributed by atoms with E-state index in [2.05, 4.69) is 28.9 Å². The van der Waals surface area contributed by atoms with Gasteiger partial charge in [0.2, 0.25) is 5.28 Å². The van der Waals surface area contributed by atoms with E-state index in [4.69, 9.17) is 11.6 Å². The minimum atomic E-state index is 0.263. The maximum Gasteiger partial charge on any atom is 0.224 e. The second kappa shape index (κ2) is 3.20. The Morgan fingerprint density at radius 2 is 2.14 bits per heavy atom. The van der Waals surface area contributed by atoms with E-state index in [1.807, 2.05) is 11.6 Å². The molecule has 0 spiro atoms. The molecule has 14 heavy (non-hydrogen) atoms. The molecule has 0 aliphatic carbocycles. The second-order valence-electron chi connectivity index (χ2n) is 3.50. The standard InChI is InChI=1S/C9H11ClN4/c1-5(2)14-8-7(6(3)13-14)4-11-9(10)12-8/h4-5H,1-3H3. The van der Waals surface area contributed by atoms with Gasteiger partial charge in [-0.25, -0.2) is 9.67 Å². The summed E-state index contributed by atoms with van der Waals surface area (Å²) in [5.41, 5.74) is 1.74. The van der Waals surface area contributed by atoms with Crippen molar-refractivity contribution in [3.05, 3.63) is 17.2 Å². The lowest BCUT2D eigenvalue weighted by atomic mass is 10.3. The summed E-state index contributed by atoms with van der Waals surface area (Å²) in [4.78, 5) is 8.11. The predicted molar refractivity (Wildman–Crippen MR) is 55.5 cm³/mol. The highest BCUT2D eigenvalue weighted by molar-refractivity contribution is 6.28. The van der Waals surface area contributed by atoms with E-state index in [0.717, 1.165) is 16.7 Å². The van der Waals surface area contributed by atoms with Crippen molar-refractivity contribution in [1.29, 1.82) is 0 Å². The Kier molecular flexibility index (Phi) is 2.15. The van der Waals surface area contributed by atoms with Crippen LogP contribution in [0.3, 0.4) is 0 Å². The summed E-state index contributed by atoms with van der Waals surface area (Å²) in [6.45, 7) is 6.06. The molecule has 0 aromatic carbocycles. The molecule has 2 aromatic rings. The van der Waals surface area contributed by atoms with Gasteiger partial charge in [0.25, 0.3) is 0 Å². The average molecular weight is 211 g/mol. The maximum absolute atomic E-state index is 5.74. The largest absolute Gasteiger partial charge is 0.244 e. The Labute approximate surface area is 86.9 Å². The van der Waals surface area contributed by atoms with E-state index in [0.29, 0.717) is 0 Å². The van der Waals surface area contributed by atoms with Crippen LogP contribution in [0.15, 0.2) is 6.20 Å². The van der Waals surface area contributed by atoms with Crippen molar-refractivity contribution >= 4 is 22.6 Å². The lowest BCUT2D eigenvalue weighted by Crippen LogP contribution is -2.03. The molecule has 2 aromatic heterocycles. The van der Waals surface area contributed by atoms with Gasteiger partial charge in [-0.3, -0.25) is 0 Å². The summed E-state index contributed by atoms with van der Waals surface area (Å²) < 4.78 is 1.86. The van der Waals surface area contributed by atoms with Gasteiger partial charge in [-0.15, -0.1) is 0 Å².